The highest BCUT2D eigenvalue weighted by Gasteiger charge is 2.32. The number of pyridine rings is 1. The topological polar surface area (TPSA) is 101 Å². The molecule has 1 aromatic carbocycles. The molecule has 1 aliphatic rings. The Kier molecular flexibility index (Phi) is 4.65. The fourth-order valence-corrected chi connectivity index (χ4v) is 3.51. The van der Waals surface area contributed by atoms with E-state index in [4.69, 9.17) is 11.6 Å². The molecule has 1 fully saturated rings. The predicted molar refractivity (Wildman–Crippen MR) is 97.1 cm³/mol. The van der Waals surface area contributed by atoms with Crippen molar-refractivity contribution in [3.8, 4) is 0 Å². The van der Waals surface area contributed by atoms with Gasteiger partial charge >= 0.3 is 11.9 Å². The van der Waals surface area contributed by atoms with Gasteiger partial charge in [-0.25, -0.2) is 9.61 Å². The van der Waals surface area contributed by atoms with E-state index >= 15 is 0 Å². The fraction of sp³-hybridized carbons (Fsp3) is 0.312. The molecule has 9 nitrogen and oxygen atoms in total. The Morgan fingerprint density at radius 1 is 1.10 bits per heavy atom. The Hall–Kier alpha value is -3.15. The summed E-state index contributed by atoms with van der Waals surface area (Å²) in [7, 11) is 0. The van der Waals surface area contributed by atoms with Crippen LogP contribution < -0.4 is 9.80 Å². The van der Waals surface area contributed by atoms with Gasteiger partial charge in [0.25, 0.3) is 0 Å². The number of aromatic nitrogens is 3. The van der Waals surface area contributed by atoms with Crippen molar-refractivity contribution in [3.63, 3.8) is 0 Å². The third-order valence-electron chi connectivity index (χ3n) is 4.64. The van der Waals surface area contributed by atoms with Gasteiger partial charge in [-0.2, -0.15) is 13.2 Å². The molecule has 13 heteroatoms. The molecule has 0 aliphatic carbocycles. The fourth-order valence-electron chi connectivity index (χ4n) is 3.22. The lowest BCUT2D eigenvalue weighted by Gasteiger charge is -2.37. The van der Waals surface area contributed by atoms with E-state index in [1.54, 1.807) is 11.0 Å². The van der Waals surface area contributed by atoms with Crippen LogP contribution in [0.1, 0.15) is 5.56 Å². The second kappa shape index (κ2) is 7.03. The minimum Gasteiger partial charge on any atom is -0.366 e. The third-order valence-corrected chi connectivity index (χ3v) is 4.92. The molecule has 3 heterocycles. The number of nitro groups is 1. The summed E-state index contributed by atoms with van der Waals surface area (Å²) in [5, 5.41) is 18.4. The van der Waals surface area contributed by atoms with E-state index in [0.717, 1.165) is 12.3 Å². The van der Waals surface area contributed by atoms with Crippen LogP contribution in [0.4, 0.5) is 30.4 Å². The van der Waals surface area contributed by atoms with Gasteiger partial charge in [-0.1, -0.05) is 11.6 Å². The van der Waals surface area contributed by atoms with Gasteiger partial charge in [-0.15, -0.1) is 0 Å². The molecular weight excluding hydrogens is 417 g/mol. The van der Waals surface area contributed by atoms with Gasteiger partial charge in [0.05, 0.1) is 21.2 Å². The monoisotopic (exact) mass is 428 g/mol. The zero-order chi connectivity index (χ0) is 20.8. The maximum atomic E-state index is 12.8. The summed E-state index contributed by atoms with van der Waals surface area (Å²) in [5.74, 6) is 0.274. The van der Waals surface area contributed by atoms with E-state index in [2.05, 4.69) is 19.9 Å². The van der Waals surface area contributed by atoms with E-state index in [1.165, 1.54) is 6.07 Å². The van der Waals surface area contributed by atoms with E-state index < -0.39 is 16.7 Å². The van der Waals surface area contributed by atoms with Crippen LogP contribution in [0.5, 0.6) is 0 Å². The second-order valence-electron chi connectivity index (χ2n) is 6.32. The number of nitrogens with zero attached hydrogens (tertiary/aromatic N) is 6. The average Bonchev–Trinajstić information content (AvgIpc) is 3.16. The average molecular weight is 429 g/mol. The van der Waals surface area contributed by atoms with Gasteiger partial charge in [0.15, 0.2) is 5.52 Å². The Balaban J connectivity index is 1.54. The molecule has 0 amide bonds. The van der Waals surface area contributed by atoms with Crippen molar-refractivity contribution in [1.29, 1.82) is 0 Å². The lowest BCUT2D eigenvalue weighted by molar-refractivity contribution is -0.383. The highest BCUT2D eigenvalue weighted by Crippen LogP contribution is 2.35. The summed E-state index contributed by atoms with van der Waals surface area (Å²) in [6, 6.07) is 3.77. The molecule has 0 saturated carbocycles. The van der Waals surface area contributed by atoms with Crippen molar-refractivity contribution in [1.82, 2.24) is 15.3 Å². The molecule has 1 aliphatic heterocycles. The van der Waals surface area contributed by atoms with Crippen molar-refractivity contribution >= 4 is 39.8 Å². The van der Waals surface area contributed by atoms with Crippen LogP contribution in [0.25, 0.3) is 11.0 Å². The van der Waals surface area contributed by atoms with Crippen molar-refractivity contribution in [2.24, 2.45) is 0 Å². The molecule has 4 rings (SSSR count). The number of anilines is 2. The largest absolute Gasteiger partial charge is 0.417 e. The van der Waals surface area contributed by atoms with Gasteiger partial charge in [-0.05, 0) is 22.4 Å². The lowest BCUT2D eigenvalue weighted by atomic mass is 10.2. The highest BCUT2D eigenvalue weighted by atomic mass is 35.5. The molecular formula is C16H12ClF3N6O3. The molecule has 1 saturated heterocycles. The summed E-state index contributed by atoms with van der Waals surface area (Å²) in [5.41, 5.74) is -0.153. The highest BCUT2D eigenvalue weighted by molar-refractivity contribution is 6.33. The number of alkyl halides is 3. The molecule has 152 valence electrons. The summed E-state index contributed by atoms with van der Waals surface area (Å²) in [6.07, 6.45) is -3.75. The Morgan fingerprint density at radius 2 is 1.76 bits per heavy atom. The van der Waals surface area contributed by atoms with Crippen LogP contribution in [0.15, 0.2) is 29.0 Å². The van der Waals surface area contributed by atoms with Crippen LogP contribution in [0.3, 0.4) is 0 Å². The van der Waals surface area contributed by atoms with Crippen LogP contribution in [-0.4, -0.2) is 46.4 Å². The number of benzene rings is 1. The first kappa shape index (κ1) is 19.2. The van der Waals surface area contributed by atoms with Crippen molar-refractivity contribution in [3.05, 3.63) is 45.1 Å². The molecule has 0 N–H and O–H groups in total. The van der Waals surface area contributed by atoms with E-state index in [0.29, 0.717) is 31.9 Å². The molecule has 0 atom stereocenters. The zero-order valence-electron chi connectivity index (χ0n) is 14.6. The second-order valence-corrected chi connectivity index (χ2v) is 6.73. The number of non-ortho nitro benzene ring substituents is 1. The number of halogens is 4. The van der Waals surface area contributed by atoms with Crippen LogP contribution >= 0.6 is 11.6 Å². The van der Waals surface area contributed by atoms with Crippen molar-refractivity contribution < 1.29 is 22.7 Å². The van der Waals surface area contributed by atoms with Crippen molar-refractivity contribution in [2.45, 2.75) is 6.18 Å². The van der Waals surface area contributed by atoms with Gasteiger partial charge < -0.3 is 9.80 Å². The lowest BCUT2D eigenvalue weighted by Crippen LogP contribution is -2.47. The van der Waals surface area contributed by atoms with Crippen LogP contribution in [0.2, 0.25) is 5.02 Å². The number of piperazine rings is 1. The summed E-state index contributed by atoms with van der Waals surface area (Å²) >= 11 is 6.02. The molecule has 0 radical (unpaired) electrons. The zero-order valence-corrected chi connectivity index (χ0v) is 15.3. The summed E-state index contributed by atoms with van der Waals surface area (Å²) in [6.45, 7) is 1.81. The summed E-state index contributed by atoms with van der Waals surface area (Å²) < 4.78 is 43.0. The number of hydrogen-bond acceptors (Lipinski definition) is 8. The number of rotatable bonds is 3. The maximum Gasteiger partial charge on any atom is 0.417 e. The predicted octanol–water partition coefficient (Wildman–Crippen LogP) is 3.52. The first-order chi connectivity index (χ1) is 13.8. The minimum atomic E-state index is -4.51. The third kappa shape index (κ3) is 3.50. The van der Waals surface area contributed by atoms with Gasteiger partial charge in [0.2, 0.25) is 5.52 Å². The molecule has 0 spiro atoms. The van der Waals surface area contributed by atoms with E-state index in [9.17, 15) is 23.3 Å². The summed E-state index contributed by atoms with van der Waals surface area (Å²) in [4.78, 5) is 18.1. The minimum absolute atomic E-state index is 0.0578. The van der Waals surface area contributed by atoms with Crippen molar-refractivity contribution in [2.75, 3.05) is 36.0 Å². The van der Waals surface area contributed by atoms with Gasteiger partial charge in [0.1, 0.15) is 5.82 Å². The molecule has 3 aromatic rings. The normalized spacial score (nSPS) is 15.2. The first-order valence-electron chi connectivity index (χ1n) is 8.38. The molecule has 29 heavy (non-hydrogen) atoms. The first-order valence-corrected chi connectivity index (χ1v) is 8.76. The van der Waals surface area contributed by atoms with E-state index in [1.807, 2.05) is 4.90 Å². The van der Waals surface area contributed by atoms with Crippen LogP contribution in [0, 0.1) is 10.1 Å². The number of hydrogen-bond donors (Lipinski definition) is 0. The van der Waals surface area contributed by atoms with Gasteiger partial charge in [0, 0.05) is 38.4 Å². The van der Waals surface area contributed by atoms with Crippen LogP contribution in [-0.2, 0) is 6.18 Å². The Morgan fingerprint density at radius 3 is 2.38 bits per heavy atom. The van der Waals surface area contributed by atoms with E-state index in [-0.39, 0.29) is 27.6 Å². The molecule has 2 aromatic heterocycles. The maximum absolute atomic E-state index is 12.8. The number of fused-ring (bicyclic) bond motifs is 1. The smallest absolute Gasteiger partial charge is 0.366 e. The standard InChI is InChI=1S/C16H12ClF3N6O3/c17-10-7-9(16(18,19)20)8-21-15(10)25-5-3-24(4-6-25)11-1-2-12(26(27)28)14-13(11)22-29-23-14/h1-2,7-8H,3-6H2. The van der Waals surface area contributed by atoms with Gasteiger partial charge in [-0.3, -0.25) is 10.1 Å². The molecule has 0 unspecified atom stereocenters. The molecule has 0 bridgehead atoms. The SMILES string of the molecule is O=[N+]([O-])c1ccc(N2CCN(c3ncc(C(F)(F)F)cc3Cl)CC2)c2nonc12. The number of nitro benzene ring substituents is 1. The Labute approximate surface area is 165 Å². The Bertz CT molecular complexity index is 1080. The quantitative estimate of drug-likeness (QED) is 0.461.